The Kier molecular flexibility index (Phi) is 3.66. The van der Waals surface area contributed by atoms with Gasteiger partial charge in [-0.2, -0.15) is 0 Å². The highest BCUT2D eigenvalue weighted by Gasteiger charge is 2.17. The maximum Gasteiger partial charge on any atom is 0.235 e. The number of ether oxygens (including phenoxy) is 1. The van der Waals surface area contributed by atoms with E-state index < -0.39 is 11.6 Å². The number of nitrogens with zero attached hydrogens (tertiary/aromatic N) is 1. The molecule has 0 aliphatic rings. The number of halogens is 2. The quantitative estimate of drug-likeness (QED) is 0.640. The van der Waals surface area contributed by atoms with E-state index in [2.05, 4.69) is 4.99 Å². The second-order valence-electron chi connectivity index (χ2n) is 2.61. The summed E-state index contributed by atoms with van der Waals surface area (Å²) < 4.78 is 18.1. The number of carbonyl (C=O) groups excluding carboxylic acids is 1. The molecule has 1 N–H and O–H groups in total. The van der Waals surface area contributed by atoms with Gasteiger partial charge in [-0.25, -0.2) is 14.2 Å². The minimum Gasteiger partial charge on any atom is -0.504 e. The largest absolute Gasteiger partial charge is 0.504 e. The number of hydrogen-bond donors (Lipinski definition) is 1. The Morgan fingerprint density at radius 2 is 2.40 bits per heavy atom. The second-order valence-corrected chi connectivity index (χ2v) is 3.02. The normalized spacial score (nSPS) is 9.53. The predicted octanol–water partition coefficient (Wildman–Crippen LogP) is 2.03. The van der Waals surface area contributed by atoms with Crippen LogP contribution in [0.3, 0.4) is 0 Å². The van der Waals surface area contributed by atoms with Crippen molar-refractivity contribution in [1.29, 1.82) is 0 Å². The lowest BCUT2D eigenvalue weighted by Crippen LogP contribution is -1.94. The first-order valence-electron chi connectivity index (χ1n) is 3.89. The molecule has 0 amide bonds. The van der Waals surface area contributed by atoms with Gasteiger partial charge in [0.2, 0.25) is 6.08 Å². The molecule has 1 aromatic carbocycles. The molecule has 0 bridgehead atoms. The first-order valence-corrected chi connectivity index (χ1v) is 4.27. The van der Waals surface area contributed by atoms with Crippen LogP contribution in [0, 0.1) is 5.82 Å². The van der Waals surface area contributed by atoms with Crippen molar-refractivity contribution >= 4 is 17.7 Å². The van der Waals surface area contributed by atoms with Crippen molar-refractivity contribution in [3.05, 3.63) is 22.5 Å². The number of rotatable bonds is 3. The van der Waals surface area contributed by atoms with E-state index in [-0.39, 0.29) is 22.9 Å². The van der Waals surface area contributed by atoms with Gasteiger partial charge in [0.05, 0.1) is 24.2 Å². The molecule has 80 valence electrons. The van der Waals surface area contributed by atoms with E-state index in [9.17, 15) is 14.3 Å². The highest BCUT2D eigenvalue weighted by Crippen LogP contribution is 2.36. The van der Waals surface area contributed by atoms with Crippen LogP contribution in [0.1, 0.15) is 5.56 Å². The summed E-state index contributed by atoms with van der Waals surface area (Å²) >= 11 is 5.54. The molecule has 0 atom stereocenters. The van der Waals surface area contributed by atoms with Gasteiger partial charge in [-0.05, 0) is 0 Å². The third-order valence-corrected chi connectivity index (χ3v) is 2.05. The molecule has 0 aromatic heterocycles. The van der Waals surface area contributed by atoms with E-state index in [1.54, 1.807) is 0 Å². The molecule has 0 aliphatic carbocycles. The lowest BCUT2D eigenvalue weighted by molar-refractivity contribution is 0.367. The Morgan fingerprint density at radius 1 is 1.73 bits per heavy atom. The standard InChI is InChI=1S/C9H7ClFNO3/c1-15-7-2-6(10)8(11)5(9(7)14)3-12-4-13/h2,14H,3H2,1H3. The number of hydrogen-bond acceptors (Lipinski definition) is 4. The van der Waals surface area contributed by atoms with Crippen molar-refractivity contribution in [2.75, 3.05) is 7.11 Å². The molecule has 0 radical (unpaired) electrons. The van der Waals surface area contributed by atoms with Gasteiger partial charge < -0.3 is 9.84 Å². The summed E-state index contributed by atoms with van der Waals surface area (Å²) in [4.78, 5) is 13.0. The summed E-state index contributed by atoms with van der Waals surface area (Å²) in [6.45, 7) is -0.335. The summed E-state index contributed by atoms with van der Waals surface area (Å²) in [6, 6.07) is 1.14. The van der Waals surface area contributed by atoms with Crippen LogP contribution in [0.4, 0.5) is 4.39 Å². The van der Waals surface area contributed by atoms with Crippen LogP contribution >= 0.6 is 11.6 Å². The predicted molar refractivity (Wildman–Crippen MR) is 51.5 cm³/mol. The highest BCUT2D eigenvalue weighted by molar-refractivity contribution is 6.31. The summed E-state index contributed by atoms with van der Waals surface area (Å²) in [6.07, 6.45) is 1.24. The number of phenols is 1. The number of aromatic hydroxyl groups is 1. The van der Waals surface area contributed by atoms with Crippen molar-refractivity contribution in [2.45, 2.75) is 6.54 Å². The summed E-state index contributed by atoms with van der Waals surface area (Å²) in [7, 11) is 1.30. The van der Waals surface area contributed by atoms with Crippen LogP contribution in [0.15, 0.2) is 11.1 Å². The summed E-state index contributed by atoms with van der Waals surface area (Å²) in [5, 5.41) is 9.30. The van der Waals surface area contributed by atoms with Crippen molar-refractivity contribution in [1.82, 2.24) is 0 Å². The maximum absolute atomic E-state index is 13.4. The van der Waals surface area contributed by atoms with Gasteiger partial charge in [-0.3, -0.25) is 0 Å². The Balaban J connectivity index is 3.32. The smallest absolute Gasteiger partial charge is 0.235 e. The highest BCUT2D eigenvalue weighted by atomic mass is 35.5. The third kappa shape index (κ3) is 2.26. The molecule has 1 rings (SSSR count). The van der Waals surface area contributed by atoms with Crippen LogP contribution in [-0.2, 0) is 11.3 Å². The molecule has 0 aliphatic heterocycles. The summed E-state index contributed by atoms with van der Waals surface area (Å²) in [5.74, 6) is -1.22. The zero-order chi connectivity index (χ0) is 11.4. The van der Waals surface area contributed by atoms with Gasteiger partial charge in [0.25, 0.3) is 0 Å². The van der Waals surface area contributed by atoms with Gasteiger partial charge in [0.1, 0.15) is 0 Å². The van der Waals surface area contributed by atoms with Crippen LogP contribution in [-0.4, -0.2) is 18.3 Å². The van der Waals surface area contributed by atoms with Crippen LogP contribution in [0.5, 0.6) is 11.5 Å². The second kappa shape index (κ2) is 4.77. The van der Waals surface area contributed by atoms with E-state index in [1.165, 1.54) is 13.2 Å². The van der Waals surface area contributed by atoms with Crippen molar-refractivity contribution in [3.63, 3.8) is 0 Å². The molecule has 1 aromatic rings. The fourth-order valence-electron chi connectivity index (χ4n) is 1.05. The lowest BCUT2D eigenvalue weighted by Gasteiger charge is -2.09. The number of isocyanates is 1. The Labute approximate surface area is 90.0 Å². The minimum absolute atomic E-state index is 0.0255. The topological polar surface area (TPSA) is 58.9 Å². The number of aliphatic imine (C=N–C) groups is 1. The first-order chi connectivity index (χ1) is 7.11. The monoisotopic (exact) mass is 231 g/mol. The Bertz CT molecular complexity index is 430. The lowest BCUT2D eigenvalue weighted by atomic mass is 10.1. The molecule has 0 saturated heterocycles. The van der Waals surface area contributed by atoms with Gasteiger partial charge in [-0.15, -0.1) is 0 Å². The SMILES string of the molecule is COc1cc(Cl)c(F)c(CN=C=O)c1O. The number of phenolic OH excluding ortho intramolecular Hbond substituents is 1. The zero-order valence-electron chi connectivity index (χ0n) is 7.75. The molecule has 6 heteroatoms. The Hall–Kier alpha value is -1.58. The molecule has 15 heavy (non-hydrogen) atoms. The van der Waals surface area contributed by atoms with Crippen LogP contribution in [0.2, 0.25) is 5.02 Å². The average Bonchev–Trinajstić information content (AvgIpc) is 2.23. The van der Waals surface area contributed by atoms with E-state index in [4.69, 9.17) is 16.3 Å². The number of methoxy groups -OCH3 is 1. The van der Waals surface area contributed by atoms with Gasteiger partial charge in [0, 0.05) is 6.07 Å². The Morgan fingerprint density at radius 3 is 2.93 bits per heavy atom. The van der Waals surface area contributed by atoms with Gasteiger partial charge >= 0.3 is 0 Å². The molecule has 4 nitrogen and oxygen atoms in total. The van der Waals surface area contributed by atoms with Gasteiger partial charge in [0.15, 0.2) is 17.3 Å². The molecular formula is C9H7ClFNO3. The maximum atomic E-state index is 13.4. The first kappa shape index (κ1) is 11.5. The molecule has 0 spiro atoms. The fraction of sp³-hybridized carbons (Fsp3) is 0.222. The molecular weight excluding hydrogens is 225 g/mol. The average molecular weight is 232 g/mol. The van der Waals surface area contributed by atoms with Crippen molar-refractivity contribution in [3.8, 4) is 11.5 Å². The van der Waals surface area contributed by atoms with Crippen molar-refractivity contribution < 1.29 is 19.0 Å². The van der Waals surface area contributed by atoms with E-state index in [1.807, 2.05) is 0 Å². The van der Waals surface area contributed by atoms with Crippen molar-refractivity contribution in [2.24, 2.45) is 4.99 Å². The minimum atomic E-state index is -0.825. The summed E-state index contributed by atoms with van der Waals surface area (Å²) in [5.41, 5.74) is -0.192. The molecule has 0 fully saturated rings. The fourth-order valence-corrected chi connectivity index (χ4v) is 1.27. The molecule has 0 unspecified atom stereocenters. The van der Waals surface area contributed by atoms with E-state index in [0.717, 1.165) is 6.07 Å². The van der Waals surface area contributed by atoms with Crippen LogP contribution < -0.4 is 4.74 Å². The van der Waals surface area contributed by atoms with E-state index >= 15 is 0 Å². The molecule has 0 heterocycles. The zero-order valence-corrected chi connectivity index (χ0v) is 8.51. The number of benzene rings is 1. The van der Waals surface area contributed by atoms with Gasteiger partial charge in [-0.1, -0.05) is 11.6 Å². The van der Waals surface area contributed by atoms with E-state index in [0.29, 0.717) is 0 Å². The van der Waals surface area contributed by atoms with Crippen LogP contribution in [0.25, 0.3) is 0 Å². The third-order valence-electron chi connectivity index (χ3n) is 1.77. The molecule has 0 saturated carbocycles.